The number of pyridine rings is 1. The molecule has 0 bridgehead atoms. The van der Waals surface area contributed by atoms with Crippen LogP contribution in [0.4, 0.5) is 5.69 Å². The first-order valence-electron chi connectivity index (χ1n) is 9.84. The third-order valence-corrected chi connectivity index (χ3v) is 8.13. The Morgan fingerprint density at radius 1 is 1.14 bits per heavy atom. The minimum absolute atomic E-state index is 0.0597. The average Bonchev–Trinajstić information content (AvgIpc) is 2.75. The van der Waals surface area contributed by atoms with Crippen molar-refractivity contribution in [1.29, 1.82) is 0 Å². The van der Waals surface area contributed by atoms with Crippen LogP contribution >= 0.6 is 11.8 Å². The fraction of sp³-hybridized carbons (Fsp3) is 0.429. The number of nitrogens with zero attached hydrogens (tertiary/aromatic N) is 2. The first-order valence-corrected chi connectivity index (χ1v) is 12.2. The van der Waals surface area contributed by atoms with Gasteiger partial charge in [-0.25, -0.2) is 13.4 Å². The highest BCUT2D eigenvalue weighted by atomic mass is 32.2. The highest BCUT2D eigenvalue weighted by Gasteiger charge is 2.29. The van der Waals surface area contributed by atoms with Crippen LogP contribution in [0.3, 0.4) is 0 Å². The number of para-hydroxylation sites is 1. The number of nitrogens with one attached hydrogen (secondary N) is 1. The lowest BCUT2D eigenvalue weighted by atomic mass is 9.96. The molecule has 1 atom stereocenters. The maximum atomic E-state index is 12.9. The van der Waals surface area contributed by atoms with E-state index in [1.807, 2.05) is 30.3 Å². The Kier molecular flexibility index (Phi) is 7.32. The number of amides is 1. The van der Waals surface area contributed by atoms with Crippen molar-refractivity contribution in [3.8, 4) is 0 Å². The predicted octanol–water partition coefficient (Wildman–Crippen LogP) is 4.15. The molecule has 1 aliphatic carbocycles. The van der Waals surface area contributed by atoms with Crippen LogP contribution in [0.2, 0.25) is 0 Å². The van der Waals surface area contributed by atoms with Crippen LogP contribution in [-0.2, 0) is 14.8 Å². The summed E-state index contributed by atoms with van der Waals surface area (Å²) in [5.41, 5.74) is 0.741. The van der Waals surface area contributed by atoms with E-state index in [-0.39, 0.29) is 22.1 Å². The van der Waals surface area contributed by atoms with Crippen LogP contribution in [0.1, 0.15) is 39.0 Å². The summed E-state index contributed by atoms with van der Waals surface area (Å²) in [6.07, 6.45) is 6.52. The molecule has 8 heteroatoms. The number of carbonyl (C=O) groups excluding carboxylic acids is 1. The molecule has 1 aromatic carbocycles. The van der Waals surface area contributed by atoms with E-state index in [0.717, 1.165) is 31.4 Å². The molecule has 0 saturated heterocycles. The Bertz CT molecular complexity index is 912. The fourth-order valence-electron chi connectivity index (χ4n) is 3.40. The maximum Gasteiger partial charge on any atom is 0.244 e. The van der Waals surface area contributed by atoms with E-state index < -0.39 is 10.0 Å². The number of benzene rings is 1. The third-order valence-electron chi connectivity index (χ3n) is 5.18. The number of anilines is 1. The van der Waals surface area contributed by atoms with E-state index in [2.05, 4.69) is 10.3 Å². The summed E-state index contributed by atoms with van der Waals surface area (Å²) >= 11 is 1.30. The zero-order valence-electron chi connectivity index (χ0n) is 16.7. The van der Waals surface area contributed by atoms with Crippen molar-refractivity contribution in [3.05, 3.63) is 48.7 Å². The number of thioether (sulfide) groups is 1. The van der Waals surface area contributed by atoms with E-state index in [0.29, 0.717) is 5.03 Å². The van der Waals surface area contributed by atoms with Crippen molar-refractivity contribution in [2.45, 2.75) is 60.2 Å². The minimum Gasteiger partial charge on any atom is -0.325 e. The molecular formula is C21H27N3O3S2. The molecule has 1 unspecified atom stereocenters. The van der Waals surface area contributed by atoms with Crippen LogP contribution in [0, 0.1) is 0 Å². The summed E-state index contributed by atoms with van der Waals surface area (Å²) in [5, 5.41) is 3.10. The molecule has 1 N–H and O–H groups in total. The van der Waals surface area contributed by atoms with Crippen molar-refractivity contribution in [3.63, 3.8) is 0 Å². The molecule has 1 fully saturated rings. The van der Waals surface area contributed by atoms with Crippen LogP contribution < -0.4 is 5.32 Å². The summed E-state index contributed by atoms with van der Waals surface area (Å²) in [6.45, 7) is 1.80. The van der Waals surface area contributed by atoms with E-state index in [9.17, 15) is 13.2 Å². The lowest BCUT2D eigenvalue weighted by Crippen LogP contribution is -2.38. The molecule has 1 heterocycles. The van der Waals surface area contributed by atoms with Gasteiger partial charge in [0, 0.05) is 25.0 Å². The zero-order valence-corrected chi connectivity index (χ0v) is 18.4. The summed E-state index contributed by atoms with van der Waals surface area (Å²) in [4.78, 5) is 16.8. The van der Waals surface area contributed by atoms with Crippen molar-refractivity contribution in [2.75, 3.05) is 12.4 Å². The fourth-order valence-corrected chi connectivity index (χ4v) is 5.55. The molecule has 3 rings (SSSR count). The summed E-state index contributed by atoms with van der Waals surface area (Å²) < 4.78 is 27.3. The van der Waals surface area contributed by atoms with Gasteiger partial charge in [-0.05, 0) is 44.0 Å². The van der Waals surface area contributed by atoms with Gasteiger partial charge in [0.1, 0.15) is 4.90 Å². The second kappa shape index (κ2) is 9.73. The lowest BCUT2D eigenvalue weighted by molar-refractivity contribution is -0.115. The molecular weight excluding hydrogens is 406 g/mol. The van der Waals surface area contributed by atoms with Gasteiger partial charge < -0.3 is 5.32 Å². The Morgan fingerprint density at radius 2 is 1.83 bits per heavy atom. The van der Waals surface area contributed by atoms with Gasteiger partial charge in [0.2, 0.25) is 15.9 Å². The largest absolute Gasteiger partial charge is 0.325 e. The Labute approximate surface area is 177 Å². The van der Waals surface area contributed by atoms with Crippen molar-refractivity contribution in [1.82, 2.24) is 9.29 Å². The quantitative estimate of drug-likeness (QED) is 0.664. The SMILES string of the molecule is CC(Sc1ccc(S(=O)(=O)N(C)C2CCCCC2)cn1)C(=O)Nc1ccccc1. The van der Waals surface area contributed by atoms with Crippen molar-refractivity contribution in [2.24, 2.45) is 0 Å². The van der Waals surface area contributed by atoms with E-state index in [1.165, 1.54) is 28.7 Å². The van der Waals surface area contributed by atoms with Gasteiger partial charge in [-0.3, -0.25) is 4.79 Å². The van der Waals surface area contributed by atoms with Gasteiger partial charge in [-0.2, -0.15) is 4.31 Å². The zero-order chi connectivity index (χ0) is 20.9. The average molecular weight is 434 g/mol. The molecule has 6 nitrogen and oxygen atoms in total. The normalized spacial score (nSPS) is 16.5. The van der Waals surface area contributed by atoms with E-state index in [4.69, 9.17) is 0 Å². The van der Waals surface area contributed by atoms with Crippen LogP contribution in [-0.4, -0.2) is 42.0 Å². The molecule has 0 radical (unpaired) electrons. The van der Waals surface area contributed by atoms with Crippen molar-refractivity contribution < 1.29 is 13.2 Å². The monoisotopic (exact) mass is 433 g/mol. The summed E-state index contributed by atoms with van der Waals surface area (Å²) in [5.74, 6) is -0.128. The Balaban J connectivity index is 1.62. The molecule has 1 aliphatic rings. The first-order chi connectivity index (χ1) is 13.9. The first kappa shape index (κ1) is 21.8. The molecule has 29 heavy (non-hydrogen) atoms. The van der Waals surface area contributed by atoms with Gasteiger partial charge in [0.25, 0.3) is 0 Å². The standard InChI is InChI=1S/C21H27N3O3S2/c1-16(21(25)23-17-9-5-3-6-10-17)28-20-14-13-19(15-22-20)29(26,27)24(2)18-11-7-4-8-12-18/h3,5-6,9-10,13-16,18H,4,7-8,11-12H2,1-2H3,(H,23,25). The number of hydrogen-bond donors (Lipinski definition) is 1. The highest BCUT2D eigenvalue weighted by molar-refractivity contribution is 8.00. The molecule has 0 spiro atoms. The lowest BCUT2D eigenvalue weighted by Gasteiger charge is -2.30. The number of carbonyl (C=O) groups is 1. The van der Waals surface area contributed by atoms with E-state index in [1.54, 1.807) is 26.1 Å². The molecule has 156 valence electrons. The van der Waals surface area contributed by atoms with Gasteiger partial charge in [0.05, 0.1) is 10.3 Å². The smallest absolute Gasteiger partial charge is 0.244 e. The Morgan fingerprint density at radius 3 is 2.45 bits per heavy atom. The number of hydrogen-bond acceptors (Lipinski definition) is 5. The van der Waals surface area contributed by atoms with Gasteiger partial charge in [-0.15, -0.1) is 0 Å². The van der Waals surface area contributed by atoms with Gasteiger partial charge in [-0.1, -0.05) is 49.2 Å². The predicted molar refractivity (Wildman–Crippen MR) is 116 cm³/mol. The molecule has 0 aliphatic heterocycles. The van der Waals surface area contributed by atoms with Crippen LogP contribution in [0.25, 0.3) is 0 Å². The summed E-state index contributed by atoms with van der Waals surface area (Å²) in [6, 6.07) is 12.6. The Hall–Kier alpha value is -1.90. The van der Waals surface area contributed by atoms with Crippen LogP contribution in [0.15, 0.2) is 58.6 Å². The van der Waals surface area contributed by atoms with Crippen LogP contribution in [0.5, 0.6) is 0 Å². The van der Waals surface area contributed by atoms with E-state index >= 15 is 0 Å². The second-order valence-corrected chi connectivity index (χ2v) is 10.6. The topological polar surface area (TPSA) is 79.4 Å². The molecule has 1 saturated carbocycles. The maximum absolute atomic E-state index is 12.9. The van der Waals surface area contributed by atoms with Gasteiger partial charge >= 0.3 is 0 Å². The second-order valence-electron chi connectivity index (χ2n) is 7.26. The number of aromatic nitrogens is 1. The van der Waals surface area contributed by atoms with Crippen molar-refractivity contribution >= 4 is 33.4 Å². The molecule has 2 aromatic rings. The molecule has 1 aromatic heterocycles. The summed E-state index contributed by atoms with van der Waals surface area (Å²) in [7, 11) is -1.90. The number of rotatable bonds is 7. The highest BCUT2D eigenvalue weighted by Crippen LogP contribution is 2.28. The number of sulfonamides is 1. The van der Waals surface area contributed by atoms with Gasteiger partial charge in [0.15, 0.2) is 0 Å². The molecule has 1 amide bonds. The third kappa shape index (κ3) is 5.58. The minimum atomic E-state index is -3.56.